The van der Waals surface area contributed by atoms with E-state index in [0.717, 1.165) is 37.7 Å². The molecule has 140 valence electrons. The highest BCUT2D eigenvalue weighted by Gasteiger charge is 2.52. The minimum absolute atomic E-state index is 0.0196. The van der Waals surface area contributed by atoms with Gasteiger partial charge in [-0.2, -0.15) is 0 Å². The lowest BCUT2D eigenvalue weighted by atomic mass is 9.77. The molecule has 1 unspecified atom stereocenters. The molecule has 27 heavy (non-hydrogen) atoms. The van der Waals surface area contributed by atoms with Crippen LogP contribution in [0.5, 0.6) is 0 Å². The molecular formula is C22H21ClFNO2. The van der Waals surface area contributed by atoms with Gasteiger partial charge in [0.2, 0.25) is 5.91 Å². The van der Waals surface area contributed by atoms with Gasteiger partial charge in [0, 0.05) is 10.6 Å². The molecule has 4 rings (SSSR count). The molecule has 2 fully saturated rings. The number of rotatable bonds is 2. The molecular weight excluding hydrogens is 365 g/mol. The molecule has 2 aromatic rings. The molecule has 1 amide bonds. The number of nitrogens with one attached hydrogen (secondary N) is 1. The third kappa shape index (κ3) is 3.06. The zero-order chi connectivity index (χ0) is 19.2. The van der Waals surface area contributed by atoms with Crippen LogP contribution in [0.3, 0.4) is 0 Å². The van der Waals surface area contributed by atoms with E-state index in [1.807, 2.05) is 0 Å². The van der Waals surface area contributed by atoms with Crippen molar-refractivity contribution >= 4 is 23.3 Å². The third-order valence-electron chi connectivity index (χ3n) is 5.85. The number of aryl methyl sites for hydroxylation is 1. The number of amides is 1. The molecule has 1 N–H and O–H groups in total. The van der Waals surface area contributed by atoms with Gasteiger partial charge in [0.25, 0.3) is 0 Å². The van der Waals surface area contributed by atoms with Gasteiger partial charge in [-0.25, -0.2) is 4.39 Å². The van der Waals surface area contributed by atoms with Crippen LogP contribution in [0.2, 0.25) is 5.02 Å². The van der Waals surface area contributed by atoms with Gasteiger partial charge in [0.1, 0.15) is 11.7 Å². The molecule has 2 aliphatic rings. The van der Waals surface area contributed by atoms with E-state index in [2.05, 4.69) is 5.32 Å². The molecule has 1 aliphatic carbocycles. The monoisotopic (exact) mass is 385 g/mol. The zero-order valence-electron chi connectivity index (χ0n) is 15.1. The predicted octanol–water partition coefficient (Wildman–Crippen LogP) is 4.94. The van der Waals surface area contributed by atoms with E-state index in [9.17, 15) is 14.0 Å². The van der Waals surface area contributed by atoms with E-state index in [4.69, 9.17) is 11.6 Å². The normalized spacial score (nSPS) is 21.5. The maximum absolute atomic E-state index is 14.4. The Bertz CT molecular complexity index is 893. The second-order valence-corrected chi connectivity index (χ2v) is 8.07. The molecule has 1 spiro atoms. The van der Waals surface area contributed by atoms with Gasteiger partial charge in [-0.05, 0) is 48.6 Å². The van der Waals surface area contributed by atoms with E-state index < -0.39 is 11.5 Å². The fourth-order valence-corrected chi connectivity index (χ4v) is 4.76. The molecule has 1 saturated carbocycles. The van der Waals surface area contributed by atoms with Crippen molar-refractivity contribution in [3.8, 4) is 11.1 Å². The number of hydrogen-bond donors (Lipinski definition) is 1. The first-order valence-corrected chi connectivity index (χ1v) is 9.71. The Morgan fingerprint density at radius 2 is 1.74 bits per heavy atom. The molecule has 2 aromatic carbocycles. The molecule has 3 nitrogen and oxygen atoms in total. The number of ketones is 1. The average molecular weight is 386 g/mol. The van der Waals surface area contributed by atoms with E-state index in [1.54, 1.807) is 37.3 Å². The molecule has 1 aliphatic heterocycles. The summed E-state index contributed by atoms with van der Waals surface area (Å²) in [7, 11) is 0. The Labute approximate surface area is 162 Å². The highest BCUT2D eigenvalue weighted by atomic mass is 35.5. The summed E-state index contributed by atoms with van der Waals surface area (Å²) in [5, 5.41) is 3.33. The smallest absolute Gasteiger partial charge is 0.235 e. The Hall–Kier alpha value is -2.20. The lowest BCUT2D eigenvalue weighted by Gasteiger charge is -2.31. The van der Waals surface area contributed by atoms with Crippen molar-refractivity contribution in [2.45, 2.75) is 50.5 Å². The number of benzene rings is 2. The van der Waals surface area contributed by atoms with Crippen molar-refractivity contribution in [2.75, 3.05) is 0 Å². The number of halogens is 2. The highest BCUT2D eigenvalue weighted by Crippen LogP contribution is 2.39. The van der Waals surface area contributed by atoms with Crippen LogP contribution in [0.4, 0.5) is 4.39 Å². The van der Waals surface area contributed by atoms with Crippen LogP contribution in [-0.4, -0.2) is 17.2 Å². The van der Waals surface area contributed by atoms with Crippen LogP contribution in [0, 0.1) is 12.7 Å². The summed E-state index contributed by atoms with van der Waals surface area (Å²) in [6.07, 6.45) is 4.48. The Balaban J connectivity index is 1.65. The second-order valence-electron chi connectivity index (χ2n) is 7.63. The molecule has 1 atom stereocenters. The van der Waals surface area contributed by atoms with Crippen LogP contribution in [-0.2, 0) is 9.59 Å². The van der Waals surface area contributed by atoms with Gasteiger partial charge in [-0.3, -0.25) is 9.59 Å². The largest absolute Gasteiger partial charge is 0.343 e. The maximum atomic E-state index is 14.4. The van der Waals surface area contributed by atoms with Crippen molar-refractivity contribution in [3.63, 3.8) is 0 Å². The van der Waals surface area contributed by atoms with Crippen molar-refractivity contribution in [3.05, 3.63) is 58.4 Å². The first kappa shape index (κ1) is 18.2. The summed E-state index contributed by atoms with van der Waals surface area (Å²) in [6.45, 7) is 1.80. The molecule has 0 aromatic heterocycles. The molecule has 0 bridgehead atoms. The fraction of sp³-hybridized carbons (Fsp3) is 0.364. The summed E-state index contributed by atoms with van der Waals surface area (Å²) < 4.78 is 14.4. The average Bonchev–Trinajstić information content (AvgIpc) is 2.85. The standard InChI is InChI=1S/C22H21ClFNO2/c1-13-11-16(23)12-17(24)18(13)14-5-7-15(8-6-14)19-20(26)22(25-21(19)27)9-3-2-4-10-22/h5-8,11-12,19H,2-4,9-10H2,1H3,(H,25,27). The third-order valence-corrected chi connectivity index (χ3v) is 6.07. The lowest BCUT2D eigenvalue weighted by molar-refractivity contribution is -0.125. The van der Waals surface area contributed by atoms with E-state index in [1.165, 1.54) is 6.07 Å². The van der Waals surface area contributed by atoms with Crippen molar-refractivity contribution in [2.24, 2.45) is 0 Å². The number of carbonyl (C=O) groups excluding carboxylic acids is 2. The lowest BCUT2D eigenvalue weighted by Crippen LogP contribution is -2.47. The van der Waals surface area contributed by atoms with Gasteiger partial charge in [-0.1, -0.05) is 55.1 Å². The number of Topliss-reactive ketones (excluding diaryl/α,β-unsaturated/α-hetero) is 1. The maximum Gasteiger partial charge on any atom is 0.235 e. The Morgan fingerprint density at radius 3 is 2.37 bits per heavy atom. The van der Waals surface area contributed by atoms with Gasteiger partial charge in [-0.15, -0.1) is 0 Å². The van der Waals surface area contributed by atoms with E-state index in [0.29, 0.717) is 21.7 Å². The van der Waals surface area contributed by atoms with Gasteiger partial charge < -0.3 is 5.32 Å². The first-order valence-electron chi connectivity index (χ1n) is 9.34. The zero-order valence-corrected chi connectivity index (χ0v) is 15.9. The summed E-state index contributed by atoms with van der Waals surface area (Å²) in [4.78, 5) is 25.6. The van der Waals surface area contributed by atoms with Gasteiger partial charge in [0.05, 0.1) is 5.54 Å². The number of carbonyl (C=O) groups is 2. The topological polar surface area (TPSA) is 46.2 Å². The van der Waals surface area contributed by atoms with Gasteiger partial charge >= 0.3 is 0 Å². The van der Waals surface area contributed by atoms with Crippen LogP contribution in [0.1, 0.15) is 49.1 Å². The quantitative estimate of drug-likeness (QED) is 0.744. The van der Waals surface area contributed by atoms with Crippen molar-refractivity contribution in [1.29, 1.82) is 0 Å². The predicted molar refractivity (Wildman–Crippen MR) is 103 cm³/mol. The molecule has 1 saturated heterocycles. The van der Waals surface area contributed by atoms with Gasteiger partial charge in [0.15, 0.2) is 5.78 Å². The second kappa shape index (κ2) is 6.75. The van der Waals surface area contributed by atoms with Crippen molar-refractivity contribution < 1.29 is 14.0 Å². The summed E-state index contributed by atoms with van der Waals surface area (Å²) in [5.41, 5.74) is 1.90. The molecule has 5 heteroatoms. The van der Waals surface area contributed by atoms with Crippen LogP contribution < -0.4 is 5.32 Å². The fourth-order valence-electron chi connectivity index (χ4n) is 4.50. The molecule has 1 heterocycles. The minimum Gasteiger partial charge on any atom is -0.343 e. The van der Waals surface area contributed by atoms with E-state index >= 15 is 0 Å². The van der Waals surface area contributed by atoms with Crippen molar-refractivity contribution in [1.82, 2.24) is 5.32 Å². The number of hydrogen-bond acceptors (Lipinski definition) is 2. The van der Waals surface area contributed by atoms with Crippen LogP contribution in [0.25, 0.3) is 11.1 Å². The summed E-state index contributed by atoms with van der Waals surface area (Å²) >= 11 is 5.90. The SMILES string of the molecule is Cc1cc(Cl)cc(F)c1-c1ccc(C2C(=O)NC3(CCCCC3)C2=O)cc1. The summed E-state index contributed by atoms with van der Waals surface area (Å²) in [6, 6.07) is 10.1. The van der Waals surface area contributed by atoms with Crippen LogP contribution in [0.15, 0.2) is 36.4 Å². The Kier molecular flexibility index (Phi) is 4.55. The van der Waals surface area contributed by atoms with E-state index in [-0.39, 0.29) is 17.5 Å². The highest BCUT2D eigenvalue weighted by molar-refractivity contribution is 6.30. The summed E-state index contributed by atoms with van der Waals surface area (Å²) in [5.74, 6) is -1.39. The minimum atomic E-state index is -0.770. The molecule has 0 radical (unpaired) electrons. The van der Waals surface area contributed by atoms with Crippen LogP contribution >= 0.6 is 11.6 Å². The first-order chi connectivity index (χ1) is 12.9. The Morgan fingerprint density at radius 1 is 1.07 bits per heavy atom.